The number of methoxy groups -OCH3 is 1. The minimum absolute atomic E-state index is 0.0749. The Morgan fingerprint density at radius 1 is 1.10 bits per heavy atom. The number of esters is 2. The molecule has 0 atom stereocenters. The van der Waals surface area contributed by atoms with Gasteiger partial charge in [0, 0.05) is 0 Å². The second kappa shape index (κ2) is 9.33. The Bertz CT molecular complexity index is 1020. The first-order valence-electron chi connectivity index (χ1n) is 8.79. The van der Waals surface area contributed by atoms with Crippen molar-refractivity contribution in [1.82, 2.24) is 20.2 Å². The molecule has 0 aliphatic rings. The summed E-state index contributed by atoms with van der Waals surface area (Å²) in [6.07, 6.45) is 0. The lowest BCUT2D eigenvalue weighted by Gasteiger charge is -2.09. The highest BCUT2D eigenvalue weighted by Gasteiger charge is 2.14. The summed E-state index contributed by atoms with van der Waals surface area (Å²) in [7, 11) is 1.33. The molecule has 0 radical (unpaired) electrons. The van der Waals surface area contributed by atoms with Crippen LogP contribution < -0.4 is 0 Å². The van der Waals surface area contributed by atoms with E-state index in [1.54, 1.807) is 28.9 Å². The van der Waals surface area contributed by atoms with Crippen molar-refractivity contribution in [3.63, 3.8) is 0 Å². The van der Waals surface area contributed by atoms with E-state index in [-0.39, 0.29) is 18.3 Å². The molecular formula is C20H20N4O4S. The quantitative estimate of drug-likeness (QED) is 0.432. The molecule has 0 spiro atoms. The Labute approximate surface area is 172 Å². The summed E-state index contributed by atoms with van der Waals surface area (Å²) in [5.41, 5.74) is 4.21. The van der Waals surface area contributed by atoms with Gasteiger partial charge in [-0.25, -0.2) is 4.79 Å². The van der Waals surface area contributed by atoms with Crippen LogP contribution in [-0.4, -0.2) is 45.0 Å². The highest BCUT2D eigenvalue weighted by Crippen LogP contribution is 2.21. The summed E-state index contributed by atoms with van der Waals surface area (Å²) >= 11 is 1.21. The molecule has 1 heterocycles. The van der Waals surface area contributed by atoms with Gasteiger partial charge in [0.05, 0.1) is 24.1 Å². The van der Waals surface area contributed by atoms with Gasteiger partial charge in [0.2, 0.25) is 5.16 Å². The molecule has 0 N–H and O–H groups in total. The molecule has 150 valence electrons. The fraction of sp³-hybridized carbons (Fsp3) is 0.250. The molecule has 0 amide bonds. The molecule has 3 rings (SSSR count). The third-order valence-corrected chi connectivity index (χ3v) is 5.02. The topological polar surface area (TPSA) is 96.2 Å². The number of ether oxygens (including phenoxy) is 2. The standard InChI is InChI=1S/C20H20N4O4S/c1-13-4-5-14(2)17(10-13)24-20(21-22-23-24)29-12-18(25)28-11-15-6-8-16(9-7-15)19(26)27-3/h4-10H,11-12H2,1-3H3. The van der Waals surface area contributed by atoms with E-state index in [2.05, 4.69) is 20.3 Å². The highest BCUT2D eigenvalue weighted by atomic mass is 32.2. The highest BCUT2D eigenvalue weighted by molar-refractivity contribution is 7.99. The van der Waals surface area contributed by atoms with Gasteiger partial charge >= 0.3 is 11.9 Å². The van der Waals surface area contributed by atoms with Crippen LogP contribution >= 0.6 is 11.8 Å². The van der Waals surface area contributed by atoms with E-state index >= 15 is 0 Å². The number of carbonyl (C=O) groups excluding carboxylic acids is 2. The van der Waals surface area contributed by atoms with Crippen molar-refractivity contribution in [2.24, 2.45) is 0 Å². The minimum Gasteiger partial charge on any atom is -0.465 e. The molecule has 0 unspecified atom stereocenters. The molecule has 0 saturated heterocycles. The van der Waals surface area contributed by atoms with Crippen molar-refractivity contribution in [1.29, 1.82) is 0 Å². The number of benzene rings is 2. The third-order valence-electron chi connectivity index (χ3n) is 4.13. The monoisotopic (exact) mass is 412 g/mol. The number of hydrogen-bond donors (Lipinski definition) is 0. The van der Waals surface area contributed by atoms with Gasteiger partial charge in [-0.1, -0.05) is 36.0 Å². The van der Waals surface area contributed by atoms with Crippen LogP contribution in [0.25, 0.3) is 5.69 Å². The van der Waals surface area contributed by atoms with Crippen molar-refractivity contribution in [2.75, 3.05) is 12.9 Å². The zero-order valence-corrected chi connectivity index (χ0v) is 17.1. The normalized spacial score (nSPS) is 10.6. The second-order valence-electron chi connectivity index (χ2n) is 6.30. The lowest BCUT2D eigenvalue weighted by Crippen LogP contribution is -2.09. The van der Waals surface area contributed by atoms with Crippen LogP contribution in [-0.2, 0) is 20.9 Å². The molecule has 29 heavy (non-hydrogen) atoms. The SMILES string of the molecule is COC(=O)c1ccc(COC(=O)CSc2nnnn2-c2cc(C)ccc2C)cc1. The minimum atomic E-state index is -0.411. The van der Waals surface area contributed by atoms with Crippen LogP contribution in [0.5, 0.6) is 0 Å². The van der Waals surface area contributed by atoms with Gasteiger partial charge in [-0.3, -0.25) is 4.79 Å². The van der Waals surface area contributed by atoms with Gasteiger partial charge < -0.3 is 9.47 Å². The van der Waals surface area contributed by atoms with Gasteiger partial charge in [0.25, 0.3) is 0 Å². The molecule has 9 heteroatoms. The molecule has 2 aromatic carbocycles. The number of thioether (sulfide) groups is 1. The van der Waals surface area contributed by atoms with Crippen LogP contribution in [0.15, 0.2) is 47.6 Å². The Morgan fingerprint density at radius 2 is 1.86 bits per heavy atom. The van der Waals surface area contributed by atoms with E-state index in [0.717, 1.165) is 22.4 Å². The summed E-state index contributed by atoms with van der Waals surface area (Å²) in [6.45, 7) is 4.09. The number of tetrazole rings is 1. The van der Waals surface area contributed by atoms with Crippen molar-refractivity contribution in [2.45, 2.75) is 25.6 Å². The number of aryl methyl sites for hydroxylation is 2. The van der Waals surface area contributed by atoms with Crippen LogP contribution in [0.1, 0.15) is 27.0 Å². The van der Waals surface area contributed by atoms with Crippen molar-refractivity contribution < 1.29 is 19.1 Å². The number of carbonyl (C=O) groups is 2. The smallest absolute Gasteiger partial charge is 0.337 e. The van der Waals surface area contributed by atoms with Gasteiger partial charge in [-0.15, -0.1) is 5.10 Å². The number of aromatic nitrogens is 4. The van der Waals surface area contributed by atoms with Gasteiger partial charge in [-0.05, 0) is 59.2 Å². The summed E-state index contributed by atoms with van der Waals surface area (Å²) in [5, 5.41) is 12.3. The Morgan fingerprint density at radius 3 is 2.59 bits per heavy atom. The molecular weight excluding hydrogens is 392 g/mol. The molecule has 3 aromatic rings. The fourth-order valence-electron chi connectivity index (χ4n) is 2.55. The Balaban J connectivity index is 1.56. The van der Waals surface area contributed by atoms with Crippen LogP contribution in [0.2, 0.25) is 0 Å². The second-order valence-corrected chi connectivity index (χ2v) is 7.24. The molecule has 0 aliphatic heterocycles. The van der Waals surface area contributed by atoms with Crippen LogP contribution in [0.4, 0.5) is 0 Å². The average Bonchev–Trinajstić information content (AvgIpc) is 3.20. The van der Waals surface area contributed by atoms with Gasteiger partial charge in [0.1, 0.15) is 6.61 Å². The van der Waals surface area contributed by atoms with E-state index < -0.39 is 5.97 Å². The Hall–Kier alpha value is -3.20. The molecule has 8 nitrogen and oxygen atoms in total. The van der Waals surface area contributed by atoms with Gasteiger partial charge in [0.15, 0.2) is 0 Å². The maximum Gasteiger partial charge on any atom is 0.337 e. The summed E-state index contributed by atoms with van der Waals surface area (Å²) in [5.74, 6) is -0.722. The van der Waals surface area contributed by atoms with Crippen LogP contribution in [0, 0.1) is 13.8 Å². The fourth-order valence-corrected chi connectivity index (χ4v) is 3.23. The van der Waals surface area contributed by atoms with E-state index in [1.165, 1.54) is 18.9 Å². The molecule has 0 saturated carbocycles. The predicted octanol–water partition coefficient (Wildman–Crippen LogP) is 2.90. The molecule has 0 bridgehead atoms. The van der Waals surface area contributed by atoms with E-state index in [0.29, 0.717) is 10.7 Å². The zero-order valence-electron chi connectivity index (χ0n) is 16.3. The van der Waals surface area contributed by atoms with E-state index in [1.807, 2.05) is 32.0 Å². The first-order chi connectivity index (χ1) is 14.0. The van der Waals surface area contributed by atoms with Gasteiger partial charge in [-0.2, -0.15) is 4.68 Å². The zero-order chi connectivity index (χ0) is 20.8. The molecule has 0 fully saturated rings. The number of nitrogens with zero attached hydrogens (tertiary/aromatic N) is 4. The van der Waals surface area contributed by atoms with E-state index in [4.69, 9.17) is 4.74 Å². The predicted molar refractivity (Wildman–Crippen MR) is 107 cm³/mol. The molecule has 0 aliphatic carbocycles. The van der Waals surface area contributed by atoms with E-state index in [9.17, 15) is 9.59 Å². The first-order valence-corrected chi connectivity index (χ1v) is 9.78. The Kier molecular flexibility index (Phi) is 6.61. The maximum atomic E-state index is 12.1. The largest absolute Gasteiger partial charge is 0.465 e. The lowest BCUT2D eigenvalue weighted by atomic mass is 10.1. The number of rotatable bonds is 7. The summed E-state index contributed by atoms with van der Waals surface area (Å²) in [6, 6.07) is 12.7. The first kappa shape index (κ1) is 20.5. The van der Waals surface area contributed by atoms with Crippen molar-refractivity contribution >= 4 is 23.7 Å². The van der Waals surface area contributed by atoms with Crippen molar-refractivity contribution in [3.05, 3.63) is 64.7 Å². The van der Waals surface area contributed by atoms with Crippen molar-refractivity contribution in [3.8, 4) is 5.69 Å². The summed E-state index contributed by atoms with van der Waals surface area (Å²) in [4.78, 5) is 23.5. The van der Waals surface area contributed by atoms with Crippen LogP contribution in [0.3, 0.4) is 0 Å². The third kappa shape index (κ3) is 5.20. The average molecular weight is 412 g/mol. The number of hydrogen-bond acceptors (Lipinski definition) is 8. The lowest BCUT2D eigenvalue weighted by molar-refractivity contribution is -0.141. The molecule has 1 aromatic heterocycles. The summed E-state index contributed by atoms with van der Waals surface area (Å²) < 4.78 is 11.6. The maximum absolute atomic E-state index is 12.1.